The minimum Gasteiger partial charge on any atom is -0.326 e. The molecule has 24 heavy (non-hydrogen) atoms. The van der Waals surface area contributed by atoms with Crippen LogP contribution < -0.4 is 10.6 Å². The fraction of sp³-hybridized carbons (Fsp3) is 0.125. The van der Waals surface area contributed by atoms with Crippen LogP contribution in [0.4, 0.5) is 15.8 Å². The third kappa shape index (κ3) is 4.39. The smallest absolute Gasteiger partial charge is 0.255 e. The lowest BCUT2D eigenvalue weighted by Gasteiger charge is -2.09. The van der Waals surface area contributed by atoms with Gasteiger partial charge in [0.15, 0.2) is 9.84 Å². The first-order chi connectivity index (χ1) is 11.2. The number of carbonyl (C=O) groups is 2. The standard InChI is InChI=1S/C16H15FN2O4S/c1-10(20)18-12-5-3-4-11(8-12)16(21)19-15-9-13(24(2,22)23)6-7-14(15)17/h3-9H,1-2H3,(H,18,20)(H,19,21). The summed E-state index contributed by atoms with van der Waals surface area (Å²) in [5.74, 6) is -1.68. The number of nitrogens with one attached hydrogen (secondary N) is 2. The van der Waals surface area contributed by atoms with Gasteiger partial charge in [-0.05, 0) is 36.4 Å². The van der Waals surface area contributed by atoms with Gasteiger partial charge in [0.25, 0.3) is 5.91 Å². The van der Waals surface area contributed by atoms with Crippen molar-refractivity contribution in [2.45, 2.75) is 11.8 Å². The number of sulfone groups is 1. The molecule has 2 aromatic carbocycles. The second-order valence-electron chi connectivity index (χ2n) is 5.13. The number of rotatable bonds is 4. The molecule has 0 saturated heterocycles. The van der Waals surface area contributed by atoms with E-state index in [1.807, 2.05) is 0 Å². The largest absolute Gasteiger partial charge is 0.326 e. The normalized spacial score (nSPS) is 11.0. The molecule has 0 bridgehead atoms. The SMILES string of the molecule is CC(=O)Nc1cccc(C(=O)Nc2cc(S(C)(=O)=O)ccc2F)c1. The van der Waals surface area contributed by atoms with Crippen LogP contribution in [0.5, 0.6) is 0 Å². The second-order valence-corrected chi connectivity index (χ2v) is 7.15. The average Bonchev–Trinajstić information content (AvgIpc) is 2.48. The summed E-state index contributed by atoms with van der Waals surface area (Å²) in [6.45, 7) is 1.33. The predicted octanol–water partition coefficient (Wildman–Crippen LogP) is 2.44. The highest BCUT2D eigenvalue weighted by Crippen LogP contribution is 2.21. The molecule has 0 atom stereocenters. The summed E-state index contributed by atoms with van der Waals surface area (Å²) in [5.41, 5.74) is 0.360. The maximum Gasteiger partial charge on any atom is 0.255 e. The number of benzene rings is 2. The third-order valence-electron chi connectivity index (χ3n) is 3.06. The zero-order valence-electron chi connectivity index (χ0n) is 13.0. The number of anilines is 2. The first-order valence-corrected chi connectivity index (χ1v) is 8.74. The van der Waals surface area contributed by atoms with Gasteiger partial charge in [0.1, 0.15) is 5.82 Å². The van der Waals surface area contributed by atoms with E-state index in [9.17, 15) is 22.4 Å². The molecular weight excluding hydrogens is 335 g/mol. The van der Waals surface area contributed by atoms with E-state index in [0.29, 0.717) is 5.69 Å². The average molecular weight is 350 g/mol. The Hall–Kier alpha value is -2.74. The van der Waals surface area contributed by atoms with Gasteiger partial charge in [0.05, 0.1) is 10.6 Å². The van der Waals surface area contributed by atoms with Crippen molar-refractivity contribution in [2.75, 3.05) is 16.9 Å². The van der Waals surface area contributed by atoms with Crippen LogP contribution >= 0.6 is 0 Å². The Bertz CT molecular complexity index is 910. The van der Waals surface area contributed by atoms with Gasteiger partial charge in [-0.1, -0.05) is 6.07 Å². The van der Waals surface area contributed by atoms with Crippen LogP contribution in [0.15, 0.2) is 47.4 Å². The van der Waals surface area contributed by atoms with Gasteiger partial charge in [-0.2, -0.15) is 0 Å². The molecule has 0 aromatic heterocycles. The highest BCUT2D eigenvalue weighted by molar-refractivity contribution is 7.90. The van der Waals surface area contributed by atoms with E-state index in [1.165, 1.54) is 19.1 Å². The predicted molar refractivity (Wildman–Crippen MR) is 88.2 cm³/mol. The molecule has 2 rings (SSSR count). The summed E-state index contributed by atoms with van der Waals surface area (Å²) in [7, 11) is -3.53. The van der Waals surface area contributed by atoms with Gasteiger partial charge >= 0.3 is 0 Å². The molecule has 126 valence electrons. The number of hydrogen-bond donors (Lipinski definition) is 2. The molecule has 0 heterocycles. The number of carbonyl (C=O) groups excluding carboxylic acids is 2. The van der Waals surface area contributed by atoms with E-state index in [2.05, 4.69) is 10.6 Å². The topological polar surface area (TPSA) is 92.3 Å². The van der Waals surface area contributed by atoms with Gasteiger partial charge in [0.2, 0.25) is 5.91 Å². The van der Waals surface area contributed by atoms with E-state index < -0.39 is 21.6 Å². The van der Waals surface area contributed by atoms with Crippen molar-refractivity contribution in [1.82, 2.24) is 0 Å². The van der Waals surface area contributed by atoms with Crippen LogP contribution in [0.25, 0.3) is 0 Å². The van der Waals surface area contributed by atoms with Gasteiger partial charge in [-0.25, -0.2) is 12.8 Å². The fourth-order valence-electron chi connectivity index (χ4n) is 1.97. The molecular formula is C16H15FN2O4S. The number of halogens is 1. The second kappa shape index (κ2) is 6.79. The fourth-order valence-corrected chi connectivity index (χ4v) is 2.61. The summed E-state index contributed by atoms with van der Waals surface area (Å²) >= 11 is 0. The monoisotopic (exact) mass is 350 g/mol. The number of amides is 2. The molecule has 2 N–H and O–H groups in total. The van der Waals surface area contributed by atoms with Crippen LogP contribution in [0, 0.1) is 5.82 Å². The zero-order valence-corrected chi connectivity index (χ0v) is 13.8. The third-order valence-corrected chi connectivity index (χ3v) is 4.17. The molecule has 0 radical (unpaired) electrons. The van der Waals surface area contributed by atoms with E-state index in [0.717, 1.165) is 24.5 Å². The maximum atomic E-state index is 13.8. The Balaban J connectivity index is 2.28. The molecule has 0 aliphatic carbocycles. The van der Waals surface area contributed by atoms with E-state index in [-0.39, 0.29) is 22.1 Å². The Morgan fingerprint density at radius 1 is 1.04 bits per heavy atom. The van der Waals surface area contributed by atoms with Crippen molar-refractivity contribution in [3.63, 3.8) is 0 Å². The van der Waals surface area contributed by atoms with Crippen molar-refractivity contribution in [3.8, 4) is 0 Å². The first kappa shape index (κ1) is 17.6. The quantitative estimate of drug-likeness (QED) is 0.829. The Morgan fingerprint density at radius 2 is 1.75 bits per heavy atom. The lowest BCUT2D eigenvalue weighted by Crippen LogP contribution is -2.14. The van der Waals surface area contributed by atoms with Gasteiger partial charge in [-0.3, -0.25) is 9.59 Å². The van der Waals surface area contributed by atoms with Crippen LogP contribution in [0.1, 0.15) is 17.3 Å². The minimum atomic E-state index is -3.53. The maximum absolute atomic E-state index is 13.8. The summed E-state index contributed by atoms with van der Waals surface area (Å²) in [6.07, 6.45) is 0.989. The lowest BCUT2D eigenvalue weighted by atomic mass is 10.1. The van der Waals surface area contributed by atoms with Gasteiger partial charge < -0.3 is 10.6 Å². The Labute approximate surface area is 138 Å². The zero-order chi connectivity index (χ0) is 17.9. The first-order valence-electron chi connectivity index (χ1n) is 6.85. The van der Waals surface area contributed by atoms with E-state index >= 15 is 0 Å². The highest BCUT2D eigenvalue weighted by atomic mass is 32.2. The molecule has 2 aromatic rings. The Morgan fingerprint density at radius 3 is 2.38 bits per heavy atom. The summed E-state index contributed by atoms with van der Waals surface area (Å²) in [4.78, 5) is 23.2. The molecule has 0 saturated carbocycles. The van der Waals surface area contributed by atoms with Gasteiger partial charge in [0, 0.05) is 24.4 Å². The molecule has 0 unspecified atom stereocenters. The molecule has 2 amide bonds. The number of hydrogen-bond acceptors (Lipinski definition) is 4. The summed E-state index contributed by atoms with van der Waals surface area (Å²) < 4.78 is 36.9. The summed E-state index contributed by atoms with van der Waals surface area (Å²) in [6, 6.07) is 9.22. The molecule has 0 fully saturated rings. The Kier molecular flexibility index (Phi) is 4.99. The van der Waals surface area contributed by atoms with Crippen LogP contribution in [0.2, 0.25) is 0 Å². The lowest BCUT2D eigenvalue weighted by molar-refractivity contribution is -0.114. The van der Waals surface area contributed by atoms with Crippen molar-refractivity contribution >= 4 is 33.0 Å². The van der Waals surface area contributed by atoms with Crippen molar-refractivity contribution < 1.29 is 22.4 Å². The van der Waals surface area contributed by atoms with Crippen molar-refractivity contribution in [3.05, 3.63) is 53.8 Å². The van der Waals surface area contributed by atoms with E-state index in [1.54, 1.807) is 12.1 Å². The molecule has 0 spiro atoms. The van der Waals surface area contributed by atoms with Gasteiger partial charge in [-0.15, -0.1) is 0 Å². The van der Waals surface area contributed by atoms with Crippen molar-refractivity contribution in [2.24, 2.45) is 0 Å². The molecule has 0 aliphatic rings. The molecule has 0 aliphatic heterocycles. The van der Waals surface area contributed by atoms with Crippen LogP contribution in [0.3, 0.4) is 0 Å². The molecule has 6 nitrogen and oxygen atoms in total. The highest BCUT2D eigenvalue weighted by Gasteiger charge is 2.14. The van der Waals surface area contributed by atoms with E-state index in [4.69, 9.17) is 0 Å². The van der Waals surface area contributed by atoms with Crippen LogP contribution in [-0.2, 0) is 14.6 Å². The molecule has 8 heteroatoms. The minimum absolute atomic E-state index is 0.105. The van der Waals surface area contributed by atoms with Crippen LogP contribution in [-0.4, -0.2) is 26.5 Å². The van der Waals surface area contributed by atoms with Crippen molar-refractivity contribution in [1.29, 1.82) is 0 Å². The summed E-state index contributed by atoms with van der Waals surface area (Å²) in [5, 5.41) is 4.86.